The van der Waals surface area contributed by atoms with E-state index in [1.807, 2.05) is 6.92 Å². The molecule has 0 radical (unpaired) electrons. The van der Waals surface area contributed by atoms with Gasteiger partial charge in [0.2, 0.25) is 5.82 Å². The number of hydrogen-bond donors (Lipinski definition) is 0. The first-order chi connectivity index (χ1) is 10.2. The predicted molar refractivity (Wildman–Crippen MR) is 78.7 cm³/mol. The molecular formula is C13H15N3O5S. The van der Waals surface area contributed by atoms with E-state index in [0.717, 1.165) is 17.3 Å². The van der Waals surface area contributed by atoms with E-state index in [4.69, 9.17) is 4.74 Å². The SMILES string of the molecule is COc1cc(C)c(C)cc1S(=O)(=O)n1c([N+](=O)[O-])cnc1C. The van der Waals surface area contributed by atoms with E-state index in [1.54, 1.807) is 13.0 Å². The van der Waals surface area contributed by atoms with E-state index in [9.17, 15) is 18.5 Å². The third-order valence-electron chi connectivity index (χ3n) is 3.35. The molecule has 118 valence electrons. The summed E-state index contributed by atoms with van der Waals surface area (Å²) in [4.78, 5) is 13.8. The molecule has 0 amide bonds. The van der Waals surface area contributed by atoms with E-state index in [1.165, 1.54) is 20.1 Å². The lowest BCUT2D eigenvalue weighted by Crippen LogP contribution is -2.18. The van der Waals surface area contributed by atoms with Crippen LogP contribution in [0.1, 0.15) is 17.0 Å². The highest BCUT2D eigenvalue weighted by molar-refractivity contribution is 7.90. The second-order valence-electron chi connectivity index (χ2n) is 4.78. The smallest absolute Gasteiger partial charge is 0.358 e. The van der Waals surface area contributed by atoms with Crippen LogP contribution in [-0.4, -0.2) is 29.4 Å². The Kier molecular flexibility index (Phi) is 3.92. The fourth-order valence-corrected chi connectivity index (χ4v) is 3.74. The topological polar surface area (TPSA) is 104 Å². The highest BCUT2D eigenvalue weighted by Gasteiger charge is 2.34. The standard InChI is InChI=1S/C13H15N3O5S/c1-8-5-11(21-4)12(6-9(8)2)22(19,20)15-10(3)14-7-13(15)16(17)18/h5-7H,1-4H3. The van der Waals surface area contributed by atoms with Crippen LogP contribution in [0.4, 0.5) is 5.82 Å². The molecule has 1 aromatic heterocycles. The van der Waals surface area contributed by atoms with Crippen LogP contribution in [0.2, 0.25) is 0 Å². The van der Waals surface area contributed by atoms with Gasteiger partial charge >= 0.3 is 15.8 Å². The molecule has 2 aromatic rings. The van der Waals surface area contributed by atoms with Crippen LogP contribution < -0.4 is 4.74 Å². The monoisotopic (exact) mass is 325 g/mol. The van der Waals surface area contributed by atoms with Crippen molar-refractivity contribution in [2.45, 2.75) is 25.7 Å². The molecule has 0 unspecified atom stereocenters. The second-order valence-corrected chi connectivity index (χ2v) is 6.53. The average Bonchev–Trinajstić information content (AvgIpc) is 2.84. The highest BCUT2D eigenvalue weighted by Crippen LogP contribution is 2.31. The van der Waals surface area contributed by atoms with Crippen LogP contribution in [0.3, 0.4) is 0 Å². The van der Waals surface area contributed by atoms with Crippen LogP contribution in [-0.2, 0) is 10.0 Å². The molecule has 0 saturated heterocycles. The molecule has 0 spiro atoms. The predicted octanol–water partition coefficient (Wildman–Crippen LogP) is 1.96. The summed E-state index contributed by atoms with van der Waals surface area (Å²) in [6.07, 6.45) is 0.917. The lowest BCUT2D eigenvalue weighted by atomic mass is 10.1. The number of aromatic nitrogens is 2. The van der Waals surface area contributed by atoms with E-state index < -0.39 is 20.8 Å². The fraction of sp³-hybridized carbons (Fsp3) is 0.308. The minimum Gasteiger partial charge on any atom is -0.495 e. The lowest BCUT2D eigenvalue weighted by Gasteiger charge is -2.11. The normalized spacial score (nSPS) is 11.5. The first-order valence-corrected chi connectivity index (χ1v) is 7.73. The summed E-state index contributed by atoms with van der Waals surface area (Å²) in [5, 5.41) is 11.0. The summed E-state index contributed by atoms with van der Waals surface area (Å²) in [5.74, 6) is -0.477. The van der Waals surface area contributed by atoms with Gasteiger partial charge in [-0.1, -0.05) is 3.97 Å². The maximum Gasteiger partial charge on any atom is 0.358 e. The number of hydrogen-bond acceptors (Lipinski definition) is 6. The van der Waals surface area contributed by atoms with Crippen molar-refractivity contribution in [2.24, 2.45) is 0 Å². The van der Waals surface area contributed by atoms with Crippen molar-refractivity contribution in [2.75, 3.05) is 7.11 Å². The zero-order valence-electron chi connectivity index (χ0n) is 12.5. The van der Waals surface area contributed by atoms with Gasteiger partial charge in [-0.2, -0.15) is 8.42 Å². The molecule has 0 aliphatic carbocycles. The first-order valence-electron chi connectivity index (χ1n) is 6.29. The van der Waals surface area contributed by atoms with Gasteiger partial charge in [-0.05, 0) is 42.0 Å². The van der Waals surface area contributed by atoms with Gasteiger partial charge in [0.25, 0.3) is 0 Å². The van der Waals surface area contributed by atoms with Gasteiger partial charge in [-0.3, -0.25) is 0 Å². The molecule has 2 rings (SSSR count). The molecular weight excluding hydrogens is 310 g/mol. The Hall–Kier alpha value is -2.42. The molecule has 1 heterocycles. The van der Waals surface area contributed by atoms with Crippen molar-refractivity contribution in [3.8, 4) is 5.75 Å². The van der Waals surface area contributed by atoms with Gasteiger partial charge in [0, 0.05) is 6.92 Å². The number of ether oxygens (including phenoxy) is 1. The number of nitrogens with zero attached hydrogens (tertiary/aromatic N) is 3. The summed E-state index contributed by atoms with van der Waals surface area (Å²) in [6, 6.07) is 3.02. The molecule has 1 aromatic carbocycles. The molecule has 0 aliphatic heterocycles. The molecule has 0 aliphatic rings. The molecule has 0 N–H and O–H groups in total. The van der Waals surface area contributed by atoms with Crippen molar-refractivity contribution in [3.63, 3.8) is 0 Å². The summed E-state index contributed by atoms with van der Waals surface area (Å²) < 4.78 is 31.4. The maximum atomic E-state index is 12.8. The Morgan fingerprint density at radius 1 is 1.23 bits per heavy atom. The van der Waals surface area contributed by atoms with Gasteiger partial charge in [0.1, 0.15) is 11.9 Å². The van der Waals surface area contributed by atoms with Crippen molar-refractivity contribution in [1.82, 2.24) is 8.96 Å². The van der Waals surface area contributed by atoms with Crippen LogP contribution in [0, 0.1) is 30.9 Å². The summed E-state index contributed by atoms with van der Waals surface area (Å²) in [7, 11) is -2.85. The largest absolute Gasteiger partial charge is 0.495 e. The minimum atomic E-state index is -4.20. The highest BCUT2D eigenvalue weighted by atomic mass is 32.2. The van der Waals surface area contributed by atoms with Gasteiger partial charge in [0.05, 0.1) is 7.11 Å². The lowest BCUT2D eigenvalue weighted by molar-refractivity contribution is -0.390. The van der Waals surface area contributed by atoms with Gasteiger partial charge in [-0.15, -0.1) is 0 Å². The first kappa shape index (κ1) is 16.0. The summed E-state index contributed by atoms with van der Waals surface area (Å²) >= 11 is 0. The number of aryl methyl sites for hydroxylation is 3. The van der Waals surface area contributed by atoms with Crippen molar-refractivity contribution < 1.29 is 18.1 Å². The van der Waals surface area contributed by atoms with E-state index in [0.29, 0.717) is 3.97 Å². The summed E-state index contributed by atoms with van der Waals surface area (Å²) in [5.41, 5.74) is 1.59. The molecule has 0 saturated carbocycles. The molecule has 0 fully saturated rings. The quantitative estimate of drug-likeness (QED) is 0.628. The average molecular weight is 325 g/mol. The summed E-state index contributed by atoms with van der Waals surface area (Å²) in [6.45, 7) is 4.96. The number of benzene rings is 1. The number of methoxy groups -OCH3 is 1. The Labute approximate surface area is 127 Å². The Bertz CT molecular complexity index is 855. The number of rotatable bonds is 4. The van der Waals surface area contributed by atoms with E-state index in [-0.39, 0.29) is 16.5 Å². The minimum absolute atomic E-state index is 0.00646. The van der Waals surface area contributed by atoms with Crippen LogP contribution in [0.15, 0.2) is 23.2 Å². The van der Waals surface area contributed by atoms with E-state index in [2.05, 4.69) is 4.98 Å². The Morgan fingerprint density at radius 2 is 1.82 bits per heavy atom. The third-order valence-corrected chi connectivity index (χ3v) is 5.16. The van der Waals surface area contributed by atoms with Gasteiger partial charge in [-0.25, -0.2) is 4.98 Å². The third kappa shape index (κ3) is 2.43. The Balaban J connectivity index is 2.80. The van der Waals surface area contributed by atoms with Crippen LogP contribution >= 0.6 is 0 Å². The Morgan fingerprint density at radius 3 is 2.36 bits per heavy atom. The second kappa shape index (κ2) is 5.41. The van der Waals surface area contributed by atoms with Crippen molar-refractivity contribution in [1.29, 1.82) is 0 Å². The molecule has 0 bridgehead atoms. The fourth-order valence-electron chi connectivity index (χ4n) is 2.06. The molecule has 9 heteroatoms. The van der Waals surface area contributed by atoms with E-state index >= 15 is 0 Å². The van der Waals surface area contributed by atoms with Gasteiger partial charge < -0.3 is 14.9 Å². The van der Waals surface area contributed by atoms with Crippen molar-refractivity contribution >= 4 is 15.8 Å². The van der Waals surface area contributed by atoms with Crippen LogP contribution in [0.5, 0.6) is 5.75 Å². The van der Waals surface area contributed by atoms with Crippen molar-refractivity contribution in [3.05, 3.63) is 45.4 Å². The number of nitro groups is 1. The molecule has 0 atom stereocenters. The maximum absolute atomic E-state index is 12.8. The van der Waals surface area contributed by atoms with Gasteiger partial charge in [0.15, 0.2) is 4.90 Å². The molecule has 22 heavy (non-hydrogen) atoms. The van der Waals surface area contributed by atoms with Crippen LogP contribution in [0.25, 0.3) is 0 Å². The zero-order chi connectivity index (χ0) is 16.7. The molecule has 8 nitrogen and oxygen atoms in total. The zero-order valence-corrected chi connectivity index (χ0v) is 13.3. The number of imidazole rings is 1.